The Kier molecular flexibility index (Phi) is 18.8. The number of hydrogen-bond donors (Lipinski definition) is 7. The molecular weight excluding hydrogens is 361 g/mol. The van der Waals surface area contributed by atoms with E-state index in [1.54, 1.807) is 0 Å². The maximum Gasteiger partial charge on any atom is 1.00 e. The zero-order valence-electron chi connectivity index (χ0n) is 16.8. The number of carbonyl (C=O) groups is 4. The maximum atomic E-state index is 10.9. The van der Waals surface area contributed by atoms with Crippen LogP contribution in [0, 0.1) is 0 Å². The molecule has 0 fully saturated rings. The molecule has 0 aromatic rings. The number of carboxylic acid groups (broad SMARTS) is 4. The SMILES string of the molecule is NC(CC(=O)O)(CC(=O)O)C(CC(=O)O)(CC(=O)O)NO.[H-].[H-].[H-].[Na+].[Na+].[Na+]. The molecule has 0 aliphatic heterocycles. The average Bonchev–Trinajstić information content (AvgIpc) is 2.23. The number of hydroxylamine groups is 1. The Morgan fingerprint density at radius 3 is 1.17 bits per heavy atom. The summed E-state index contributed by atoms with van der Waals surface area (Å²) in [5, 5.41) is 44.5. The first-order valence-electron chi connectivity index (χ1n) is 5.55. The van der Waals surface area contributed by atoms with Crippen LogP contribution in [0.3, 0.4) is 0 Å². The molecule has 0 rings (SSSR count). The largest absolute Gasteiger partial charge is 1.00 e. The Labute approximate surface area is 207 Å². The second kappa shape index (κ2) is 13.9. The molecule has 0 saturated heterocycles. The van der Waals surface area contributed by atoms with Crippen LogP contribution in [0.25, 0.3) is 0 Å². The summed E-state index contributed by atoms with van der Waals surface area (Å²) in [6.45, 7) is 0. The molecule has 11 nitrogen and oxygen atoms in total. The van der Waals surface area contributed by atoms with Crippen LogP contribution in [-0.2, 0) is 19.2 Å². The van der Waals surface area contributed by atoms with E-state index in [9.17, 15) is 24.4 Å². The molecule has 0 spiro atoms. The van der Waals surface area contributed by atoms with Crippen LogP contribution >= 0.6 is 0 Å². The normalized spacial score (nSPS) is 10.4. The molecule has 0 bridgehead atoms. The van der Waals surface area contributed by atoms with Gasteiger partial charge < -0.3 is 35.6 Å². The van der Waals surface area contributed by atoms with Crippen molar-refractivity contribution >= 4 is 23.9 Å². The first kappa shape index (κ1) is 32.4. The predicted molar refractivity (Wildman–Crippen MR) is 66.9 cm³/mol. The quantitative estimate of drug-likeness (QED) is 0.140. The molecular formula is C10H19N2Na3O9. The molecule has 0 amide bonds. The summed E-state index contributed by atoms with van der Waals surface area (Å²) >= 11 is 0. The van der Waals surface area contributed by atoms with Gasteiger partial charge in [0, 0.05) is 0 Å². The second-order valence-electron chi connectivity index (χ2n) is 4.63. The summed E-state index contributed by atoms with van der Waals surface area (Å²) in [7, 11) is 0. The Balaban J connectivity index is -0.000000133. The zero-order valence-corrected chi connectivity index (χ0v) is 19.8. The molecule has 0 atom stereocenters. The van der Waals surface area contributed by atoms with Crippen molar-refractivity contribution in [3.63, 3.8) is 0 Å². The van der Waals surface area contributed by atoms with Gasteiger partial charge in [-0.2, -0.15) is 5.48 Å². The van der Waals surface area contributed by atoms with Crippen molar-refractivity contribution in [1.82, 2.24) is 5.48 Å². The van der Waals surface area contributed by atoms with Gasteiger partial charge in [-0.1, -0.05) is 0 Å². The van der Waals surface area contributed by atoms with Crippen LogP contribution in [0.1, 0.15) is 30.0 Å². The minimum absolute atomic E-state index is 0. The Morgan fingerprint density at radius 1 is 0.750 bits per heavy atom. The van der Waals surface area contributed by atoms with Crippen molar-refractivity contribution in [2.75, 3.05) is 0 Å². The minimum Gasteiger partial charge on any atom is -1.00 e. The average molecular weight is 380 g/mol. The molecule has 14 heteroatoms. The summed E-state index contributed by atoms with van der Waals surface area (Å²) in [4.78, 5) is 43.5. The fraction of sp³-hybridized carbons (Fsp3) is 0.600. The number of hydrogen-bond acceptors (Lipinski definition) is 7. The van der Waals surface area contributed by atoms with Gasteiger partial charge in [0.1, 0.15) is 0 Å². The fourth-order valence-corrected chi connectivity index (χ4v) is 2.06. The number of carboxylic acids is 4. The third kappa shape index (κ3) is 10.0. The van der Waals surface area contributed by atoms with Gasteiger partial charge in [-0.15, -0.1) is 0 Å². The van der Waals surface area contributed by atoms with Gasteiger partial charge >= 0.3 is 113 Å². The summed E-state index contributed by atoms with van der Waals surface area (Å²) in [5.74, 6) is -6.34. The van der Waals surface area contributed by atoms with Crippen LogP contribution in [0.2, 0.25) is 0 Å². The van der Waals surface area contributed by atoms with Crippen molar-refractivity contribution < 1.29 is 138 Å². The van der Waals surface area contributed by atoms with Gasteiger partial charge in [0.15, 0.2) is 0 Å². The second-order valence-corrected chi connectivity index (χ2v) is 4.63. The minimum atomic E-state index is -2.37. The van der Waals surface area contributed by atoms with Crippen molar-refractivity contribution in [3.8, 4) is 0 Å². The Hall–Kier alpha value is 0.760. The molecule has 8 N–H and O–H groups in total. The molecule has 0 aromatic carbocycles. The van der Waals surface area contributed by atoms with E-state index in [0.29, 0.717) is 0 Å². The molecule has 0 aromatic heterocycles. The van der Waals surface area contributed by atoms with Crippen LogP contribution in [0.15, 0.2) is 0 Å². The number of nitrogens with one attached hydrogen (secondary N) is 1. The van der Waals surface area contributed by atoms with E-state index in [0.717, 1.165) is 0 Å². The molecule has 0 aliphatic carbocycles. The van der Waals surface area contributed by atoms with E-state index in [1.165, 1.54) is 5.48 Å². The summed E-state index contributed by atoms with van der Waals surface area (Å²) in [5.41, 5.74) is 2.37. The molecule has 0 aliphatic rings. The number of aliphatic carboxylic acids is 4. The van der Waals surface area contributed by atoms with Gasteiger partial charge in [0.25, 0.3) is 0 Å². The van der Waals surface area contributed by atoms with Gasteiger partial charge in [-0.05, 0) is 0 Å². The first-order valence-corrected chi connectivity index (χ1v) is 5.55. The predicted octanol–water partition coefficient (Wildman–Crippen LogP) is -10.4. The number of nitrogens with two attached hydrogens (primary N) is 1. The van der Waals surface area contributed by atoms with E-state index in [4.69, 9.17) is 26.2 Å². The molecule has 0 heterocycles. The first-order chi connectivity index (χ1) is 9.48. The molecule has 0 saturated carbocycles. The van der Waals surface area contributed by atoms with Crippen molar-refractivity contribution in [2.45, 2.75) is 36.8 Å². The fourth-order valence-electron chi connectivity index (χ4n) is 2.06. The van der Waals surface area contributed by atoms with Crippen LogP contribution in [0.4, 0.5) is 0 Å². The van der Waals surface area contributed by atoms with Gasteiger partial charge in [-0.25, -0.2) is 0 Å². The molecule has 24 heavy (non-hydrogen) atoms. The van der Waals surface area contributed by atoms with Crippen LogP contribution < -0.4 is 99.9 Å². The standard InChI is InChI=1S/C10H16N2O9.3Na.3H/c11-9(1-5(13)14,2-6(15)16)10(12-21,3-7(17)18)4-8(19)20;;;;;;/h12,21H,1-4,11H2,(H,13,14)(H,15,16)(H,17,18)(H,19,20);;;;;;/q;3*+1;3*-1. The topological polar surface area (TPSA) is 207 Å². The van der Waals surface area contributed by atoms with Gasteiger partial charge in [0.2, 0.25) is 0 Å². The van der Waals surface area contributed by atoms with Gasteiger partial charge in [-0.3, -0.25) is 19.2 Å². The van der Waals surface area contributed by atoms with E-state index < -0.39 is 60.6 Å². The molecule has 0 radical (unpaired) electrons. The van der Waals surface area contributed by atoms with E-state index in [2.05, 4.69) is 0 Å². The van der Waals surface area contributed by atoms with Crippen molar-refractivity contribution in [1.29, 1.82) is 0 Å². The van der Waals surface area contributed by atoms with Gasteiger partial charge in [0.05, 0.1) is 36.8 Å². The van der Waals surface area contributed by atoms with E-state index in [-0.39, 0.29) is 93.0 Å². The Morgan fingerprint density at radius 2 is 1.00 bits per heavy atom. The third-order valence-corrected chi connectivity index (χ3v) is 3.01. The van der Waals surface area contributed by atoms with E-state index >= 15 is 0 Å². The Bertz CT molecular complexity index is 442. The monoisotopic (exact) mass is 380 g/mol. The third-order valence-electron chi connectivity index (χ3n) is 3.01. The van der Waals surface area contributed by atoms with Crippen LogP contribution in [0.5, 0.6) is 0 Å². The summed E-state index contributed by atoms with van der Waals surface area (Å²) in [6, 6.07) is 0. The van der Waals surface area contributed by atoms with Crippen molar-refractivity contribution in [3.05, 3.63) is 0 Å². The number of rotatable bonds is 10. The smallest absolute Gasteiger partial charge is 1.00 e. The maximum absolute atomic E-state index is 10.9. The summed E-state index contributed by atoms with van der Waals surface area (Å²) < 4.78 is 0. The molecule has 0 unspecified atom stereocenters. The molecule has 126 valence electrons. The zero-order chi connectivity index (χ0) is 16.8. The van der Waals surface area contributed by atoms with Crippen LogP contribution in [-0.4, -0.2) is 60.6 Å². The van der Waals surface area contributed by atoms with Crippen molar-refractivity contribution in [2.24, 2.45) is 5.73 Å². The summed E-state index contributed by atoms with van der Waals surface area (Å²) in [6.07, 6.45) is -4.31. The van der Waals surface area contributed by atoms with E-state index in [1.807, 2.05) is 0 Å².